The quantitative estimate of drug-likeness (QED) is 0.784. The molecule has 1 unspecified atom stereocenters. The summed E-state index contributed by atoms with van der Waals surface area (Å²) in [5.41, 5.74) is 0.564. The van der Waals surface area contributed by atoms with Crippen LogP contribution < -0.4 is 0 Å². The second-order valence-corrected chi connectivity index (χ2v) is 7.32. The van der Waals surface area contributed by atoms with Crippen molar-refractivity contribution in [2.75, 3.05) is 26.9 Å². The topological polar surface area (TPSA) is 72.9 Å². The minimum atomic E-state index is -3.72. The number of ether oxygens (including phenoxy) is 2. The van der Waals surface area contributed by atoms with Crippen LogP contribution in [0.4, 0.5) is 0 Å². The zero-order valence-electron chi connectivity index (χ0n) is 11.6. The van der Waals surface area contributed by atoms with Crippen LogP contribution >= 0.6 is 11.3 Å². The van der Waals surface area contributed by atoms with Gasteiger partial charge in [0.05, 0.1) is 20.3 Å². The number of carbonyl (C=O) groups is 1. The molecule has 112 valence electrons. The highest BCUT2D eigenvalue weighted by atomic mass is 32.2. The van der Waals surface area contributed by atoms with Crippen LogP contribution in [0, 0.1) is 6.92 Å². The number of thiophene rings is 1. The maximum absolute atomic E-state index is 12.8. The van der Waals surface area contributed by atoms with Gasteiger partial charge in [0.1, 0.15) is 9.77 Å². The van der Waals surface area contributed by atoms with Gasteiger partial charge in [0, 0.05) is 12.6 Å². The summed E-state index contributed by atoms with van der Waals surface area (Å²) in [5, 5.41) is 1.66. The third-order valence-corrected chi connectivity index (χ3v) is 6.57. The molecular weight excluding hydrogens is 302 g/mol. The van der Waals surface area contributed by atoms with Crippen LogP contribution in [0.15, 0.2) is 10.3 Å². The largest absolute Gasteiger partial charge is 0.465 e. The van der Waals surface area contributed by atoms with Crippen molar-refractivity contribution in [2.24, 2.45) is 0 Å². The monoisotopic (exact) mass is 319 g/mol. The van der Waals surface area contributed by atoms with Gasteiger partial charge in [-0.3, -0.25) is 0 Å². The van der Waals surface area contributed by atoms with E-state index in [1.165, 1.54) is 11.4 Å². The second-order valence-electron chi connectivity index (χ2n) is 4.61. The van der Waals surface area contributed by atoms with E-state index in [1.54, 1.807) is 19.2 Å². The molecule has 0 N–H and O–H groups in total. The molecule has 0 aromatic carbocycles. The van der Waals surface area contributed by atoms with Gasteiger partial charge in [0.25, 0.3) is 0 Å². The Kier molecular flexibility index (Phi) is 4.48. The Labute approximate surface area is 122 Å². The van der Waals surface area contributed by atoms with Crippen molar-refractivity contribution in [3.8, 4) is 0 Å². The SMILES string of the molecule is COC(=O)c1scc(C)c1S(=O)(=O)N1CCOCC1C. The number of morpholine rings is 1. The number of hydrogen-bond donors (Lipinski definition) is 0. The maximum Gasteiger partial charge on any atom is 0.349 e. The number of hydrogen-bond acceptors (Lipinski definition) is 6. The first kappa shape index (κ1) is 15.4. The molecule has 8 heteroatoms. The number of sulfonamides is 1. The van der Waals surface area contributed by atoms with Crippen LogP contribution in [0.1, 0.15) is 22.2 Å². The average molecular weight is 319 g/mol. The summed E-state index contributed by atoms with van der Waals surface area (Å²) in [6, 6.07) is -0.251. The van der Waals surface area contributed by atoms with Crippen molar-refractivity contribution < 1.29 is 22.7 Å². The van der Waals surface area contributed by atoms with Crippen LogP contribution in [0.3, 0.4) is 0 Å². The van der Waals surface area contributed by atoms with Crippen molar-refractivity contribution in [1.29, 1.82) is 0 Å². The normalized spacial score (nSPS) is 20.9. The average Bonchev–Trinajstić information content (AvgIpc) is 2.80. The van der Waals surface area contributed by atoms with Gasteiger partial charge in [-0.2, -0.15) is 4.31 Å². The van der Waals surface area contributed by atoms with Gasteiger partial charge >= 0.3 is 5.97 Å². The zero-order chi connectivity index (χ0) is 14.9. The van der Waals surface area contributed by atoms with E-state index in [2.05, 4.69) is 4.74 Å². The molecular formula is C12H17NO5S2. The molecule has 2 rings (SSSR count). The number of nitrogens with zero attached hydrogens (tertiary/aromatic N) is 1. The van der Waals surface area contributed by atoms with Gasteiger partial charge in [0.2, 0.25) is 10.0 Å². The highest BCUT2D eigenvalue weighted by Crippen LogP contribution is 2.31. The molecule has 0 radical (unpaired) electrons. The summed E-state index contributed by atoms with van der Waals surface area (Å²) in [5.74, 6) is -0.623. The smallest absolute Gasteiger partial charge is 0.349 e. The standard InChI is InChI=1S/C12H17NO5S2/c1-8-7-19-10(12(14)17-3)11(8)20(15,16)13-4-5-18-6-9(13)2/h7,9H,4-6H2,1-3H3. The molecule has 6 nitrogen and oxygen atoms in total. The predicted molar refractivity (Wildman–Crippen MR) is 74.6 cm³/mol. The Morgan fingerprint density at radius 2 is 2.25 bits per heavy atom. The zero-order valence-corrected chi connectivity index (χ0v) is 13.2. The summed E-state index contributed by atoms with van der Waals surface area (Å²) >= 11 is 1.09. The summed E-state index contributed by atoms with van der Waals surface area (Å²) in [6.45, 7) is 4.48. The highest BCUT2D eigenvalue weighted by molar-refractivity contribution is 7.89. The molecule has 0 aliphatic carbocycles. The van der Waals surface area contributed by atoms with Crippen LogP contribution in [-0.2, 0) is 19.5 Å². The van der Waals surface area contributed by atoms with Crippen molar-refractivity contribution in [1.82, 2.24) is 4.31 Å². The Morgan fingerprint density at radius 1 is 1.55 bits per heavy atom. The number of rotatable bonds is 3. The van der Waals surface area contributed by atoms with E-state index in [-0.39, 0.29) is 15.8 Å². The number of carbonyl (C=O) groups excluding carboxylic acids is 1. The molecule has 1 atom stereocenters. The van der Waals surface area contributed by atoms with Gasteiger partial charge in [-0.25, -0.2) is 13.2 Å². The summed E-state index contributed by atoms with van der Waals surface area (Å²) in [4.78, 5) is 11.9. The lowest BCUT2D eigenvalue weighted by atomic mass is 10.3. The van der Waals surface area contributed by atoms with Crippen LogP contribution in [0.2, 0.25) is 0 Å². The van der Waals surface area contributed by atoms with E-state index in [0.29, 0.717) is 25.3 Å². The van der Waals surface area contributed by atoms with Crippen molar-refractivity contribution in [2.45, 2.75) is 24.8 Å². The predicted octanol–water partition coefficient (Wildman–Crippen LogP) is 1.25. The molecule has 0 spiro atoms. The van der Waals surface area contributed by atoms with E-state index in [9.17, 15) is 13.2 Å². The van der Waals surface area contributed by atoms with Gasteiger partial charge in [-0.1, -0.05) is 0 Å². The Balaban J connectivity index is 2.49. The number of methoxy groups -OCH3 is 1. The summed E-state index contributed by atoms with van der Waals surface area (Å²) in [7, 11) is -2.48. The maximum atomic E-state index is 12.8. The van der Waals surface area contributed by atoms with Gasteiger partial charge in [-0.15, -0.1) is 11.3 Å². The molecule has 0 amide bonds. The fraction of sp³-hybridized carbons (Fsp3) is 0.583. The molecule has 20 heavy (non-hydrogen) atoms. The van der Waals surface area contributed by atoms with Gasteiger partial charge < -0.3 is 9.47 Å². The summed E-state index contributed by atoms with van der Waals surface area (Å²) < 4.78 is 36.9. The molecule has 1 aliphatic heterocycles. The van der Waals surface area contributed by atoms with Crippen molar-refractivity contribution in [3.05, 3.63) is 15.8 Å². The summed E-state index contributed by atoms with van der Waals surface area (Å²) in [6.07, 6.45) is 0. The number of esters is 1. The molecule has 1 aliphatic rings. The number of aryl methyl sites for hydroxylation is 1. The van der Waals surface area contributed by atoms with Crippen LogP contribution in [0.25, 0.3) is 0 Å². The molecule has 1 aromatic rings. The Hall–Kier alpha value is -0.960. The Bertz CT molecular complexity index is 607. The van der Waals surface area contributed by atoms with E-state index in [0.717, 1.165) is 11.3 Å². The minimum absolute atomic E-state index is 0.0584. The van der Waals surface area contributed by atoms with Gasteiger partial charge in [0.15, 0.2) is 0 Å². The second kappa shape index (κ2) is 5.80. The molecule has 0 saturated carbocycles. The molecule has 1 aromatic heterocycles. The first-order valence-corrected chi connectivity index (χ1v) is 8.47. The third-order valence-electron chi connectivity index (χ3n) is 3.16. The van der Waals surface area contributed by atoms with Crippen molar-refractivity contribution >= 4 is 27.3 Å². The minimum Gasteiger partial charge on any atom is -0.465 e. The highest BCUT2D eigenvalue weighted by Gasteiger charge is 2.36. The lowest BCUT2D eigenvalue weighted by molar-refractivity contribution is 0.0391. The fourth-order valence-electron chi connectivity index (χ4n) is 2.17. The molecule has 0 bridgehead atoms. The lowest BCUT2D eigenvalue weighted by Crippen LogP contribution is -2.47. The lowest BCUT2D eigenvalue weighted by Gasteiger charge is -2.32. The van der Waals surface area contributed by atoms with E-state index in [4.69, 9.17) is 4.74 Å². The van der Waals surface area contributed by atoms with Crippen molar-refractivity contribution in [3.63, 3.8) is 0 Å². The van der Waals surface area contributed by atoms with E-state index >= 15 is 0 Å². The Morgan fingerprint density at radius 3 is 2.85 bits per heavy atom. The first-order valence-electron chi connectivity index (χ1n) is 6.15. The fourth-order valence-corrected chi connectivity index (χ4v) is 5.44. The van der Waals surface area contributed by atoms with Crippen LogP contribution in [-0.4, -0.2) is 51.6 Å². The molecule has 1 saturated heterocycles. The third kappa shape index (κ3) is 2.60. The van der Waals surface area contributed by atoms with Crippen LogP contribution in [0.5, 0.6) is 0 Å². The van der Waals surface area contributed by atoms with E-state index < -0.39 is 16.0 Å². The first-order chi connectivity index (χ1) is 9.39. The van der Waals surface area contributed by atoms with Gasteiger partial charge in [-0.05, 0) is 24.8 Å². The molecule has 1 fully saturated rings. The molecule has 2 heterocycles. The van der Waals surface area contributed by atoms with E-state index in [1.807, 2.05) is 0 Å².